The fraction of sp³-hybridized carbons (Fsp3) is 0.222. The van der Waals surface area contributed by atoms with Crippen molar-refractivity contribution >= 4 is 17.6 Å². The molecule has 0 bridgehead atoms. The minimum atomic E-state index is -0.199. The molecule has 1 aromatic carbocycles. The molecule has 1 aliphatic rings. The molecule has 4 nitrogen and oxygen atoms in total. The topological polar surface area (TPSA) is 53.2 Å². The molecule has 1 fully saturated rings. The highest BCUT2D eigenvalue weighted by Gasteiger charge is 2.17. The van der Waals surface area contributed by atoms with Crippen molar-refractivity contribution in [3.05, 3.63) is 34.9 Å². The zero-order valence-electron chi connectivity index (χ0n) is 7.38. The van der Waals surface area contributed by atoms with Crippen LogP contribution in [0.5, 0.6) is 0 Å². The second-order valence-corrected chi connectivity index (χ2v) is 3.52. The molecule has 1 heterocycles. The first-order valence-corrected chi connectivity index (χ1v) is 4.68. The molecular formula is C9H10ClN3O. The van der Waals surface area contributed by atoms with Crippen LogP contribution in [0.25, 0.3) is 0 Å². The van der Waals surface area contributed by atoms with Crippen molar-refractivity contribution in [2.45, 2.75) is 6.04 Å². The normalized spacial score (nSPS) is 21.2. The maximum absolute atomic E-state index is 10.8. The lowest BCUT2D eigenvalue weighted by Gasteiger charge is -2.25. The summed E-state index contributed by atoms with van der Waals surface area (Å²) >= 11 is 5.77. The number of benzene rings is 1. The van der Waals surface area contributed by atoms with Crippen LogP contribution in [-0.4, -0.2) is 12.6 Å². The van der Waals surface area contributed by atoms with Gasteiger partial charge in [-0.3, -0.25) is 5.43 Å². The Hall–Kier alpha value is -1.26. The molecular weight excluding hydrogens is 202 g/mol. The van der Waals surface area contributed by atoms with E-state index in [1.54, 1.807) is 0 Å². The van der Waals surface area contributed by atoms with Crippen molar-refractivity contribution in [2.75, 3.05) is 6.54 Å². The smallest absolute Gasteiger partial charge is 0.329 e. The van der Waals surface area contributed by atoms with E-state index >= 15 is 0 Å². The lowest BCUT2D eigenvalue weighted by Crippen LogP contribution is -2.54. The summed E-state index contributed by atoms with van der Waals surface area (Å²) in [5.74, 6) is 0. The van der Waals surface area contributed by atoms with Crippen LogP contribution in [0.4, 0.5) is 4.79 Å². The minimum Gasteiger partial charge on any atom is -0.335 e. The van der Waals surface area contributed by atoms with Crippen molar-refractivity contribution in [3.8, 4) is 0 Å². The fourth-order valence-corrected chi connectivity index (χ4v) is 1.46. The molecule has 0 aliphatic carbocycles. The Labute approximate surface area is 86.6 Å². The molecule has 14 heavy (non-hydrogen) atoms. The van der Waals surface area contributed by atoms with Gasteiger partial charge in [-0.05, 0) is 17.7 Å². The first-order chi connectivity index (χ1) is 6.75. The number of carbonyl (C=O) groups excluding carboxylic acids is 1. The lowest BCUT2D eigenvalue weighted by atomic mass is 10.1. The molecule has 3 N–H and O–H groups in total. The number of amides is 2. The van der Waals surface area contributed by atoms with Crippen LogP contribution in [0.15, 0.2) is 24.3 Å². The first kappa shape index (κ1) is 9.30. The van der Waals surface area contributed by atoms with Crippen molar-refractivity contribution in [1.82, 2.24) is 16.2 Å². The van der Waals surface area contributed by atoms with Gasteiger partial charge in [0.25, 0.3) is 0 Å². The molecule has 1 unspecified atom stereocenters. The summed E-state index contributed by atoms with van der Waals surface area (Å²) in [5, 5.41) is 3.41. The van der Waals surface area contributed by atoms with Gasteiger partial charge < -0.3 is 5.32 Å². The van der Waals surface area contributed by atoms with Crippen LogP contribution in [0.2, 0.25) is 5.02 Å². The molecule has 0 spiro atoms. The quantitative estimate of drug-likeness (QED) is 0.654. The molecule has 0 saturated carbocycles. The van der Waals surface area contributed by atoms with Gasteiger partial charge >= 0.3 is 6.03 Å². The van der Waals surface area contributed by atoms with Gasteiger partial charge in [0.1, 0.15) is 0 Å². The van der Waals surface area contributed by atoms with E-state index < -0.39 is 0 Å². The summed E-state index contributed by atoms with van der Waals surface area (Å²) < 4.78 is 0. The second kappa shape index (κ2) is 3.86. The number of carbonyl (C=O) groups is 1. The molecule has 1 atom stereocenters. The molecule has 2 rings (SSSR count). The summed E-state index contributed by atoms with van der Waals surface area (Å²) in [6.07, 6.45) is 0. The largest absolute Gasteiger partial charge is 0.335 e. The Morgan fingerprint density at radius 2 is 2.00 bits per heavy atom. The SMILES string of the molecule is O=C1NCC(c2ccc(Cl)cc2)NN1. The Kier molecular flexibility index (Phi) is 2.56. The number of nitrogens with one attached hydrogen (secondary N) is 3. The fourth-order valence-electron chi connectivity index (χ4n) is 1.34. The standard InChI is InChI=1S/C9H10ClN3O/c10-7-3-1-6(2-4-7)8-5-11-9(14)13-12-8/h1-4,8,12H,5H2,(H2,11,13,14). The average Bonchev–Trinajstić information content (AvgIpc) is 2.21. The Morgan fingerprint density at radius 1 is 1.29 bits per heavy atom. The summed E-state index contributed by atoms with van der Waals surface area (Å²) in [5.41, 5.74) is 6.50. The van der Waals surface area contributed by atoms with Gasteiger partial charge in [0.2, 0.25) is 0 Å². The number of urea groups is 1. The summed E-state index contributed by atoms with van der Waals surface area (Å²) in [6, 6.07) is 7.41. The minimum absolute atomic E-state index is 0.0879. The van der Waals surface area contributed by atoms with Gasteiger partial charge in [0.15, 0.2) is 0 Å². The third-order valence-corrected chi connectivity index (χ3v) is 2.35. The molecule has 1 aromatic rings. The lowest BCUT2D eigenvalue weighted by molar-refractivity contribution is 0.222. The molecule has 0 radical (unpaired) electrons. The van der Waals surface area contributed by atoms with E-state index in [2.05, 4.69) is 16.2 Å². The molecule has 1 saturated heterocycles. The van der Waals surface area contributed by atoms with E-state index in [0.29, 0.717) is 11.6 Å². The van der Waals surface area contributed by atoms with Gasteiger partial charge in [0.05, 0.1) is 6.04 Å². The Bertz CT molecular complexity index is 328. The van der Waals surface area contributed by atoms with E-state index in [9.17, 15) is 4.79 Å². The summed E-state index contributed by atoms with van der Waals surface area (Å²) in [6.45, 7) is 0.577. The van der Waals surface area contributed by atoms with Crippen molar-refractivity contribution < 1.29 is 4.79 Å². The Morgan fingerprint density at radius 3 is 2.57 bits per heavy atom. The summed E-state index contributed by atoms with van der Waals surface area (Å²) in [7, 11) is 0. The highest BCUT2D eigenvalue weighted by Crippen LogP contribution is 2.16. The maximum Gasteiger partial charge on any atom is 0.329 e. The highest BCUT2D eigenvalue weighted by molar-refractivity contribution is 6.30. The monoisotopic (exact) mass is 211 g/mol. The number of halogens is 1. The van der Waals surface area contributed by atoms with Gasteiger partial charge in [-0.15, -0.1) is 0 Å². The van der Waals surface area contributed by atoms with Crippen LogP contribution >= 0.6 is 11.6 Å². The van der Waals surface area contributed by atoms with Crippen molar-refractivity contribution in [3.63, 3.8) is 0 Å². The van der Waals surface area contributed by atoms with E-state index in [4.69, 9.17) is 11.6 Å². The zero-order chi connectivity index (χ0) is 9.97. The van der Waals surface area contributed by atoms with E-state index in [0.717, 1.165) is 5.56 Å². The third-order valence-electron chi connectivity index (χ3n) is 2.10. The van der Waals surface area contributed by atoms with Gasteiger partial charge in [-0.1, -0.05) is 23.7 Å². The van der Waals surface area contributed by atoms with Crippen LogP contribution in [0.1, 0.15) is 11.6 Å². The molecule has 74 valence electrons. The zero-order valence-corrected chi connectivity index (χ0v) is 8.14. The van der Waals surface area contributed by atoms with E-state index in [1.165, 1.54) is 0 Å². The van der Waals surface area contributed by atoms with E-state index in [-0.39, 0.29) is 12.1 Å². The van der Waals surface area contributed by atoms with Crippen molar-refractivity contribution in [2.24, 2.45) is 0 Å². The third kappa shape index (κ3) is 1.97. The highest BCUT2D eigenvalue weighted by atomic mass is 35.5. The molecule has 0 aromatic heterocycles. The average molecular weight is 212 g/mol. The second-order valence-electron chi connectivity index (χ2n) is 3.08. The van der Waals surface area contributed by atoms with E-state index in [1.807, 2.05) is 24.3 Å². The van der Waals surface area contributed by atoms with Crippen molar-refractivity contribution in [1.29, 1.82) is 0 Å². The van der Waals surface area contributed by atoms with Gasteiger partial charge in [-0.25, -0.2) is 10.2 Å². The number of rotatable bonds is 1. The Balaban J connectivity index is 2.08. The van der Waals surface area contributed by atoms with Crippen LogP contribution in [-0.2, 0) is 0 Å². The number of hydrazine groups is 1. The van der Waals surface area contributed by atoms with Gasteiger partial charge in [0, 0.05) is 11.6 Å². The first-order valence-electron chi connectivity index (χ1n) is 4.30. The van der Waals surface area contributed by atoms with Crippen LogP contribution in [0.3, 0.4) is 0 Å². The molecule has 5 heteroatoms. The molecule has 1 aliphatic heterocycles. The number of hydrogen-bond donors (Lipinski definition) is 3. The van der Waals surface area contributed by atoms with Gasteiger partial charge in [-0.2, -0.15) is 0 Å². The number of hydrogen-bond acceptors (Lipinski definition) is 2. The van der Waals surface area contributed by atoms with Crippen LogP contribution < -0.4 is 16.2 Å². The predicted octanol–water partition coefficient (Wildman–Crippen LogP) is 1.20. The molecule has 2 amide bonds. The van der Waals surface area contributed by atoms with Crippen LogP contribution in [0, 0.1) is 0 Å². The maximum atomic E-state index is 10.8. The summed E-state index contributed by atoms with van der Waals surface area (Å²) in [4.78, 5) is 10.8. The predicted molar refractivity (Wildman–Crippen MR) is 53.9 cm³/mol.